The van der Waals surface area contributed by atoms with E-state index in [9.17, 15) is 4.39 Å². The highest BCUT2D eigenvalue weighted by molar-refractivity contribution is 5.26. The van der Waals surface area contributed by atoms with E-state index >= 15 is 0 Å². The van der Waals surface area contributed by atoms with Crippen molar-refractivity contribution < 1.29 is 4.39 Å². The highest BCUT2D eigenvalue weighted by Crippen LogP contribution is 2.17. The summed E-state index contributed by atoms with van der Waals surface area (Å²) in [6.45, 7) is 3.91. The van der Waals surface area contributed by atoms with Crippen molar-refractivity contribution >= 4 is 0 Å². The molecule has 12 heavy (non-hydrogen) atoms. The fourth-order valence-corrected chi connectivity index (χ4v) is 1.15. The van der Waals surface area contributed by atoms with Crippen molar-refractivity contribution in [3.8, 4) is 0 Å². The number of benzene rings is 1. The van der Waals surface area contributed by atoms with Crippen LogP contribution in [0, 0.1) is 12.7 Å². The van der Waals surface area contributed by atoms with Gasteiger partial charge in [0, 0.05) is 11.6 Å². The van der Waals surface area contributed by atoms with E-state index in [1.165, 1.54) is 6.07 Å². The molecule has 1 unspecified atom stereocenters. The molecule has 1 aromatic carbocycles. The van der Waals surface area contributed by atoms with Crippen LogP contribution in [0.1, 0.15) is 24.1 Å². The minimum Gasteiger partial charge on any atom is -0.313 e. The molecule has 0 heterocycles. The molecule has 0 amide bonds. The van der Waals surface area contributed by atoms with Gasteiger partial charge in [0.2, 0.25) is 0 Å². The number of hydrogen-bond donors (Lipinski definition) is 1. The summed E-state index contributed by atoms with van der Waals surface area (Å²) in [6.07, 6.45) is 0. The Hall–Kier alpha value is -0.890. The average Bonchev–Trinajstić information content (AvgIpc) is 2.08. The molecule has 66 valence electrons. The second-order valence-corrected chi connectivity index (χ2v) is 3.04. The summed E-state index contributed by atoms with van der Waals surface area (Å²) in [4.78, 5) is 0. The van der Waals surface area contributed by atoms with Crippen LogP contribution in [0.25, 0.3) is 0 Å². The Labute approximate surface area is 72.6 Å². The van der Waals surface area contributed by atoms with E-state index in [2.05, 4.69) is 5.32 Å². The van der Waals surface area contributed by atoms with E-state index in [0.717, 1.165) is 11.1 Å². The van der Waals surface area contributed by atoms with Crippen molar-refractivity contribution in [2.75, 3.05) is 7.05 Å². The summed E-state index contributed by atoms with van der Waals surface area (Å²) in [5.41, 5.74) is 1.83. The maximum Gasteiger partial charge on any atom is 0.127 e. The van der Waals surface area contributed by atoms with Crippen molar-refractivity contribution in [2.45, 2.75) is 19.9 Å². The number of halogens is 1. The fraction of sp³-hybridized carbons (Fsp3) is 0.400. The molecule has 1 aromatic rings. The maximum absolute atomic E-state index is 13.2. The molecule has 1 rings (SSSR count). The molecule has 0 spiro atoms. The molecule has 1 nitrogen and oxygen atoms in total. The monoisotopic (exact) mass is 167 g/mol. The Morgan fingerprint density at radius 3 is 2.67 bits per heavy atom. The molecule has 0 bridgehead atoms. The number of hydrogen-bond acceptors (Lipinski definition) is 1. The van der Waals surface area contributed by atoms with Gasteiger partial charge in [0.25, 0.3) is 0 Å². The van der Waals surface area contributed by atoms with Crippen molar-refractivity contribution in [3.63, 3.8) is 0 Å². The van der Waals surface area contributed by atoms with E-state index in [1.54, 1.807) is 6.07 Å². The van der Waals surface area contributed by atoms with Crippen LogP contribution in [-0.4, -0.2) is 7.05 Å². The largest absolute Gasteiger partial charge is 0.313 e. The standard InChI is InChI=1S/C10H14FN/c1-7-4-5-10(11)9(6-7)8(2)12-3/h4-6,8,12H,1-3H3. The smallest absolute Gasteiger partial charge is 0.127 e. The van der Waals surface area contributed by atoms with Crippen LogP contribution < -0.4 is 5.32 Å². The molecule has 0 radical (unpaired) electrons. The summed E-state index contributed by atoms with van der Waals surface area (Å²) >= 11 is 0. The fourth-order valence-electron chi connectivity index (χ4n) is 1.15. The molecule has 2 heteroatoms. The van der Waals surface area contributed by atoms with Gasteiger partial charge in [-0.2, -0.15) is 0 Å². The molecular formula is C10H14FN. The molecule has 0 fully saturated rings. The van der Waals surface area contributed by atoms with Gasteiger partial charge in [-0.05, 0) is 27.0 Å². The minimum absolute atomic E-state index is 0.0740. The van der Waals surface area contributed by atoms with E-state index in [4.69, 9.17) is 0 Å². The predicted octanol–water partition coefficient (Wildman–Crippen LogP) is 2.41. The van der Waals surface area contributed by atoms with Crippen molar-refractivity contribution in [1.82, 2.24) is 5.32 Å². The summed E-state index contributed by atoms with van der Waals surface area (Å²) < 4.78 is 13.2. The topological polar surface area (TPSA) is 12.0 Å². The normalized spacial score (nSPS) is 13.0. The number of rotatable bonds is 2. The molecule has 0 saturated heterocycles. The zero-order valence-electron chi connectivity index (χ0n) is 7.69. The van der Waals surface area contributed by atoms with Crippen LogP contribution in [-0.2, 0) is 0 Å². The van der Waals surface area contributed by atoms with Gasteiger partial charge in [0.05, 0.1) is 0 Å². The van der Waals surface area contributed by atoms with Gasteiger partial charge in [-0.15, -0.1) is 0 Å². The summed E-state index contributed by atoms with van der Waals surface area (Å²) in [5, 5.41) is 3.01. The van der Waals surface area contributed by atoms with Crippen molar-refractivity contribution in [1.29, 1.82) is 0 Å². The highest BCUT2D eigenvalue weighted by Gasteiger charge is 2.07. The molecule has 1 N–H and O–H groups in total. The first-order valence-electron chi connectivity index (χ1n) is 4.08. The number of aryl methyl sites for hydroxylation is 1. The first kappa shape index (κ1) is 9.20. The van der Waals surface area contributed by atoms with E-state index < -0.39 is 0 Å². The van der Waals surface area contributed by atoms with E-state index in [-0.39, 0.29) is 11.9 Å². The Kier molecular flexibility index (Phi) is 2.82. The van der Waals surface area contributed by atoms with Crippen LogP contribution in [0.5, 0.6) is 0 Å². The quantitative estimate of drug-likeness (QED) is 0.713. The summed E-state index contributed by atoms with van der Waals surface area (Å²) in [6, 6.07) is 5.24. The zero-order valence-corrected chi connectivity index (χ0v) is 7.69. The Morgan fingerprint density at radius 2 is 2.08 bits per heavy atom. The lowest BCUT2D eigenvalue weighted by molar-refractivity contribution is 0.561. The predicted molar refractivity (Wildman–Crippen MR) is 48.6 cm³/mol. The molecular weight excluding hydrogens is 153 g/mol. The van der Waals surface area contributed by atoms with Crippen LogP contribution >= 0.6 is 0 Å². The van der Waals surface area contributed by atoms with Crippen LogP contribution in [0.2, 0.25) is 0 Å². The van der Waals surface area contributed by atoms with Crippen LogP contribution in [0.15, 0.2) is 18.2 Å². The van der Waals surface area contributed by atoms with Gasteiger partial charge in [0.15, 0.2) is 0 Å². The lowest BCUT2D eigenvalue weighted by atomic mass is 10.1. The third kappa shape index (κ3) is 1.83. The second-order valence-electron chi connectivity index (χ2n) is 3.04. The summed E-state index contributed by atoms with van der Waals surface area (Å²) in [5.74, 6) is -0.137. The molecule has 0 aliphatic rings. The van der Waals surface area contributed by atoms with E-state index in [1.807, 2.05) is 27.0 Å². The summed E-state index contributed by atoms with van der Waals surface area (Å²) in [7, 11) is 1.83. The minimum atomic E-state index is -0.137. The molecule has 0 saturated carbocycles. The first-order valence-corrected chi connectivity index (χ1v) is 4.08. The lowest BCUT2D eigenvalue weighted by Gasteiger charge is -2.11. The van der Waals surface area contributed by atoms with Gasteiger partial charge in [-0.25, -0.2) is 4.39 Å². The molecule has 0 aromatic heterocycles. The Morgan fingerprint density at radius 1 is 1.42 bits per heavy atom. The SMILES string of the molecule is CNC(C)c1cc(C)ccc1F. The van der Waals surface area contributed by atoms with E-state index in [0.29, 0.717) is 0 Å². The van der Waals surface area contributed by atoms with Gasteiger partial charge >= 0.3 is 0 Å². The second kappa shape index (κ2) is 3.68. The molecule has 1 atom stereocenters. The van der Waals surface area contributed by atoms with Crippen molar-refractivity contribution in [2.24, 2.45) is 0 Å². The average molecular weight is 167 g/mol. The third-order valence-electron chi connectivity index (χ3n) is 2.05. The third-order valence-corrected chi connectivity index (χ3v) is 2.05. The van der Waals surface area contributed by atoms with Crippen molar-refractivity contribution in [3.05, 3.63) is 35.1 Å². The number of nitrogens with one attached hydrogen (secondary N) is 1. The lowest BCUT2D eigenvalue weighted by Crippen LogP contribution is -2.13. The Balaban J connectivity index is 3.04. The van der Waals surface area contributed by atoms with Gasteiger partial charge in [-0.1, -0.05) is 17.7 Å². The molecule has 0 aliphatic carbocycles. The van der Waals surface area contributed by atoms with Crippen LogP contribution in [0.3, 0.4) is 0 Å². The molecule has 0 aliphatic heterocycles. The zero-order chi connectivity index (χ0) is 9.14. The van der Waals surface area contributed by atoms with Gasteiger partial charge in [-0.3, -0.25) is 0 Å². The van der Waals surface area contributed by atoms with Gasteiger partial charge in [0.1, 0.15) is 5.82 Å². The highest BCUT2D eigenvalue weighted by atomic mass is 19.1. The van der Waals surface area contributed by atoms with Gasteiger partial charge < -0.3 is 5.32 Å². The van der Waals surface area contributed by atoms with Crippen LogP contribution in [0.4, 0.5) is 4.39 Å². The maximum atomic E-state index is 13.2. The Bertz CT molecular complexity index is 271. The first-order chi connectivity index (χ1) is 5.65.